The number of ether oxygens (including phenoxy) is 1. The lowest BCUT2D eigenvalue weighted by atomic mass is 9.84. The second-order valence-electron chi connectivity index (χ2n) is 5.11. The molecule has 0 rings (SSSR count). The van der Waals surface area contributed by atoms with E-state index in [-0.39, 0.29) is 23.7 Å². The molecule has 0 unspecified atom stereocenters. The van der Waals surface area contributed by atoms with Crippen molar-refractivity contribution < 1.29 is 14.3 Å². The number of nitrogens with one attached hydrogen (secondary N) is 1. The first-order valence-electron chi connectivity index (χ1n) is 6.53. The average molecular weight is 258 g/mol. The summed E-state index contributed by atoms with van der Waals surface area (Å²) in [5.41, 5.74) is 5.60. The molecule has 0 bridgehead atoms. The van der Waals surface area contributed by atoms with Crippen LogP contribution < -0.4 is 11.1 Å². The van der Waals surface area contributed by atoms with Crippen LogP contribution in [0.15, 0.2) is 0 Å². The number of hydrogen-bond donors (Lipinski definition) is 2. The van der Waals surface area contributed by atoms with Gasteiger partial charge in [-0.1, -0.05) is 13.8 Å². The Hall–Kier alpha value is -1.10. The van der Waals surface area contributed by atoms with Crippen molar-refractivity contribution in [3.05, 3.63) is 0 Å². The highest BCUT2D eigenvalue weighted by Gasteiger charge is 2.18. The molecule has 0 aliphatic carbocycles. The maximum atomic E-state index is 11.5. The molecule has 5 nitrogen and oxygen atoms in total. The van der Waals surface area contributed by atoms with E-state index in [2.05, 4.69) is 19.2 Å². The molecule has 0 aliphatic rings. The summed E-state index contributed by atoms with van der Waals surface area (Å²) in [6.07, 6.45) is 2.40. The molecule has 0 aromatic rings. The van der Waals surface area contributed by atoms with Crippen molar-refractivity contribution >= 4 is 11.9 Å². The quantitative estimate of drug-likeness (QED) is 0.609. The van der Waals surface area contributed by atoms with Crippen molar-refractivity contribution in [1.29, 1.82) is 0 Å². The summed E-state index contributed by atoms with van der Waals surface area (Å²) >= 11 is 0. The van der Waals surface area contributed by atoms with E-state index in [9.17, 15) is 9.59 Å². The number of carbonyl (C=O) groups excluding carboxylic acids is 2. The van der Waals surface area contributed by atoms with Gasteiger partial charge in [-0.05, 0) is 31.7 Å². The Morgan fingerprint density at radius 3 is 2.44 bits per heavy atom. The molecular weight excluding hydrogens is 232 g/mol. The van der Waals surface area contributed by atoms with Gasteiger partial charge in [-0.3, -0.25) is 9.59 Å². The minimum Gasteiger partial charge on any atom is -0.466 e. The van der Waals surface area contributed by atoms with Crippen LogP contribution in [0.5, 0.6) is 0 Å². The smallest absolute Gasteiger partial charge is 0.307 e. The zero-order valence-electron chi connectivity index (χ0n) is 11.8. The van der Waals surface area contributed by atoms with Crippen LogP contribution in [0.2, 0.25) is 0 Å². The monoisotopic (exact) mass is 258 g/mol. The second-order valence-corrected chi connectivity index (χ2v) is 5.11. The topological polar surface area (TPSA) is 81.4 Å². The molecule has 106 valence electrons. The van der Waals surface area contributed by atoms with E-state index in [1.807, 2.05) is 0 Å². The van der Waals surface area contributed by atoms with Crippen LogP contribution in [0.4, 0.5) is 0 Å². The second kappa shape index (κ2) is 8.91. The third kappa shape index (κ3) is 8.98. The van der Waals surface area contributed by atoms with Gasteiger partial charge in [0.1, 0.15) is 0 Å². The predicted molar refractivity (Wildman–Crippen MR) is 70.9 cm³/mol. The minimum absolute atomic E-state index is 0.0237. The largest absolute Gasteiger partial charge is 0.466 e. The average Bonchev–Trinajstić information content (AvgIpc) is 2.27. The fourth-order valence-electron chi connectivity index (χ4n) is 1.59. The van der Waals surface area contributed by atoms with E-state index in [1.165, 1.54) is 0 Å². The third-order valence-electron chi connectivity index (χ3n) is 2.81. The predicted octanol–water partition coefficient (Wildman–Crippen LogP) is 1.21. The molecule has 3 N–H and O–H groups in total. The van der Waals surface area contributed by atoms with Gasteiger partial charge in [-0.15, -0.1) is 0 Å². The molecule has 0 saturated heterocycles. The summed E-state index contributed by atoms with van der Waals surface area (Å²) in [5, 5.41) is 2.72. The van der Waals surface area contributed by atoms with Crippen molar-refractivity contribution in [2.75, 3.05) is 19.7 Å². The van der Waals surface area contributed by atoms with Gasteiger partial charge < -0.3 is 15.8 Å². The molecular formula is C13H26N2O3. The molecule has 5 heteroatoms. The molecule has 0 fully saturated rings. The number of rotatable bonds is 9. The van der Waals surface area contributed by atoms with Crippen molar-refractivity contribution in [2.24, 2.45) is 11.1 Å². The zero-order chi connectivity index (χ0) is 14.0. The van der Waals surface area contributed by atoms with Crippen LogP contribution in [0.25, 0.3) is 0 Å². The van der Waals surface area contributed by atoms with E-state index in [0.29, 0.717) is 26.1 Å². The van der Waals surface area contributed by atoms with Crippen molar-refractivity contribution in [2.45, 2.75) is 46.5 Å². The van der Waals surface area contributed by atoms with Gasteiger partial charge in [0.05, 0.1) is 13.0 Å². The van der Waals surface area contributed by atoms with Crippen LogP contribution in [0.1, 0.15) is 46.5 Å². The fraction of sp³-hybridized carbons (Fsp3) is 0.846. The van der Waals surface area contributed by atoms with Gasteiger partial charge in [-0.2, -0.15) is 0 Å². The van der Waals surface area contributed by atoms with Gasteiger partial charge in [0.2, 0.25) is 5.91 Å². The van der Waals surface area contributed by atoms with Crippen LogP contribution in [0.3, 0.4) is 0 Å². The van der Waals surface area contributed by atoms with Crippen molar-refractivity contribution in [1.82, 2.24) is 5.32 Å². The Morgan fingerprint density at radius 2 is 1.89 bits per heavy atom. The highest BCUT2D eigenvalue weighted by Crippen LogP contribution is 2.25. The van der Waals surface area contributed by atoms with Crippen molar-refractivity contribution in [3.8, 4) is 0 Å². The van der Waals surface area contributed by atoms with Gasteiger partial charge in [-0.25, -0.2) is 0 Å². The summed E-state index contributed by atoms with van der Waals surface area (Å²) in [4.78, 5) is 22.6. The molecule has 0 heterocycles. The van der Waals surface area contributed by atoms with Gasteiger partial charge in [0.25, 0.3) is 0 Å². The van der Waals surface area contributed by atoms with E-state index < -0.39 is 0 Å². The minimum atomic E-state index is -0.277. The van der Waals surface area contributed by atoms with E-state index in [0.717, 1.165) is 12.8 Å². The van der Waals surface area contributed by atoms with Crippen LogP contribution >= 0.6 is 0 Å². The van der Waals surface area contributed by atoms with E-state index in [4.69, 9.17) is 10.5 Å². The standard InChI is InChI=1S/C13H26N2O3/c1-4-18-12(17)6-10-15-11(16)5-7-13(2,3)8-9-14/h4-10,14H2,1-3H3,(H,15,16). The van der Waals surface area contributed by atoms with Gasteiger partial charge in [0.15, 0.2) is 0 Å². The number of carbonyl (C=O) groups is 2. The number of esters is 1. The lowest BCUT2D eigenvalue weighted by Gasteiger charge is -2.23. The summed E-state index contributed by atoms with van der Waals surface area (Å²) in [7, 11) is 0. The molecule has 0 spiro atoms. The van der Waals surface area contributed by atoms with Gasteiger partial charge in [0, 0.05) is 13.0 Å². The van der Waals surface area contributed by atoms with Gasteiger partial charge >= 0.3 is 5.97 Å². The zero-order valence-corrected chi connectivity index (χ0v) is 11.8. The highest BCUT2D eigenvalue weighted by atomic mass is 16.5. The van der Waals surface area contributed by atoms with E-state index in [1.54, 1.807) is 6.92 Å². The Balaban J connectivity index is 3.69. The molecule has 0 aliphatic heterocycles. The summed E-state index contributed by atoms with van der Waals surface area (Å²) in [6, 6.07) is 0. The SMILES string of the molecule is CCOC(=O)CCNC(=O)CCC(C)(C)CCN. The molecule has 0 aromatic heterocycles. The molecule has 1 amide bonds. The molecule has 0 radical (unpaired) electrons. The highest BCUT2D eigenvalue weighted by molar-refractivity contribution is 5.77. The normalized spacial score (nSPS) is 11.1. The Labute approximate surface area is 109 Å². The molecule has 0 atom stereocenters. The summed E-state index contributed by atoms with van der Waals surface area (Å²) in [5.74, 6) is -0.300. The van der Waals surface area contributed by atoms with E-state index >= 15 is 0 Å². The first-order valence-corrected chi connectivity index (χ1v) is 6.53. The number of amides is 1. The molecule has 0 aromatic carbocycles. The fourth-order valence-corrected chi connectivity index (χ4v) is 1.59. The first-order chi connectivity index (χ1) is 8.41. The molecule has 18 heavy (non-hydrogen) atoms. The van der Waals surface area contributed by atoms with Crippen molar-refractivity contribution in [3.63, 3.8) is 0 Å². The number of nitrogens with two attached hydrogens (primary N) is 1. The number of hydrogen-bond acceptors (Lipinski definition) is 4. The Morgan fingerprint density at radius 1 is 1.22 bits per heavy atom. The van der Waals surface area contributed by atoms with Crippen LogP contribution in [0, 0.1) is 5.41 Å². The summed E-state index contributed by atoms with van der Waals surface area (Å²) in [6.45, 7) is 7.32. The summed E-state index contributed by atoms with van der Waals surface area (Å²) < 4.78 is 4.77. The maximum absolute atomic E-state index is 11.5. The lowest BCUT2D eigenvalue weighted by Crippen LogP contribution is -2.28. The maximum Gasteiger partial charge on any atom is 0.307 e. The molecule has 0 saturated carbocycles. The van der Waals surface area contributed by atoms with Crippen LogP contribution in [-0.4, -0.2) is 31.6 Å². The Bertz CT molecular complexity index is 265. The first kappa shape index (κ1) is 16.9. The Kier molecular flexibility index (Phi) is 8.37. The lowest BCUT2D eigenvalue weighted by molar-refractivity contribution is -0.143. The third-order valence-corrected chi connectivity index (χ3v) is 2.81. The van der Waals surface area contributed by atoms with Crippen LogP contribution in [-0.2, 0) is 14.3 Å².